The molecule has 0 bridgehead atoms. The first-order chi connectivity index (χ1) is 8.24. The average molecular weight is 229 g/mol. The number of carbonyl (C=O) groups is 1. The summed E-state index contributed by atoms with van der Waals surface area (Å²) in [7, 11) is 0. The quantitative estimate of drug-likeness (QED) is 0.812. The molecule has 0 aliphatic carbocycles. The summed E-state index contributed by atoms with van der Waals surface area (Å²) in [5, 5.41) is 13.1. The van der Waals surface area contributed by atoms with Gasteiger partial charge in [0.1, 0.15) is 0 Å². The van der Waals surface area contributed by atoms with E-state index in [4.69, 9.17) is 5.11 Å². The lowest BCUT2D eigenvalue weighted by Crippen LogP contribution is -2.22. The molecule has 0 saturated carbocycles. The first-order valence-corrected chi connectivity index (χ1v) is 5.34. The number of aromatic nitrogens is 2. The van der Waals surface area contributed by atoms with Crippen LogP contribution in [0.3, 0.4) is 0 Å². The minimum absolute atomic E-state index is 0.458. The van der Waals surface area contributed by atoms with Gasteiger partial charge in [0, 0.05) is 25.5 Å². The van der Waals surface area contributed by atoms with Crippen molar-refractivity contribution in [1.29, 1.82) is 0 Å². The second-order valence-corrected chi connectivity index (χ2v) is 4.04. The summed E-state index contributed by atoms with van der Waals surface area (Å²) < 4.78 is 1.77. The molecule has 1 aromatic carbocycles. The fraction of sp³-hybridized carbons (Fsp3) is 0.167. The molecule has 0 atom stereocenters. The molecule has 5 heteroatoms. The fourth-order valence-electron chi connectivity index (χ4n) is 2.08. The SMILES string of the molecule is O=C(O)N1Cc2ccc(-n3cccn3)cc2C1. The van der Waals surface area contributed by atoms with Crippen molar-refractivity contribution in [2.75, 3.05) is 0 Å². The number of hydrogen-bond acceptors (Lipinski definition) is 2. The third-order valence-electron chi connectivity index (χ3n) is 2.95. The number of fused-ring (bicyclic) bond motifs is 1. The fourth-order valence-corrected chi connectivity index (χ4v) is 2.08. The number of carboxylic acid groups (broad SMARTS) is 1. The predicted octanol–water partition coefficient (Wildman–Crippen LogP) is 1.87. The van der Waals surface area contributed by atoms with Crippen molar-refractivity contribution in [3.63, 3.8) is 0 Å². The Morgan fingerprint density at radius 1 is 1.29 bits per heavy atom. The van der Waals surface area contributed by atoms with E-state index in [2.05, 4.69) is 5.10 Å². The van der Waals surface area contributed by atoms with Crippen LogP contribution < -0.4 is 0 Å². The maximum Gasteiger partial charge on any atom is 0.407 e. The van der Waals surface area contributed by atoms with Crippen molar-refractivity contribution in [3.8, 4) is 5.69 Å². The molecule has 0 radical (unpaired) electrons. The van der Waals surface area contributed by atoms with Gasteiger partial charge in [0.15, 0.2) is 0 Å². The number of rotatable bonds is 1. The molecule has 0 saturated heterocycles. The van der Waals surface area contributed by atoms with Crippen molar-refractivity contribution in [2.24, 2.45) is 0 Å². The van der Waals surface area contributed by atoms with Crippen LogP contribution in [-0.4, -0.2) is 25.9 Å². The monoisotopic (exact) mass is 229 g/mol. The molecule has 1 amide bonds. The highest BCUT2D eigenvalue weighted by molar-refractivity contribution is 5.66. The van der Waals surface area contributed by atoms with Crippen LogP contribution in [0.1, 0.15) is 11.1 Å². The van der Waals surface area contributed by atoms with Crippen LogP contribution in [-0.2, 0) is 13.1 Å². The molecule has 0 unspecified atom stereocenters. The highest BCUT2D eigenvalue weighted by Crippen LogP contribution is 2.24. The maximum absolute atomic E-state index is 10.9. The van der Waals surface area contributed by atoms with E-state index < -0.39 is 6.09 Å². The van der Waals surface area contributed by atoms with Gasteiger partial charge in [0.25, 0.3) is 0 Å². The Bertz CT molecular complexity index is 563. The van der Waals surface area contributed by atoms with Gasteiger partial charge in [0.2, 0.25) is 0 Å². The molecule has 0 fully saturated rings. The zero-order chi connectivity index (χ0) is 11.8. The molecular weight excluding hydrogens is 218 g/mol. The van der Waals surface area contributed by atoms with Crippen molar-refractivity contribution in [3.05, 3.63) is 47.8 Å². The van der Waals surface area contributed by atoms with Gasteiger partial charge in [-0.05, 0) is 29.3 Å². The Morgan fingerprint density at radius 3 is 2.82 bits per heavy atom. The Kier molecular flexibility index (Phi) is 2.11. The lowest BCUT2D eigenvalue weighted by atomic mass is 10.1. The summed E-state index contributed by atoms with van der Waals surface area (Å²) in [4.78, 5) is 12.3. The lowest BCUT2D eigenvalue weighted by molar-refractivity contribution is 0.145. The summed E-state index contributed by atoms with van der Waals surface area (Å²) in [6.07, 6.45) is 2.71. The van der Waals surface area contributed by atoms with E-state index in [1.165, 1.54) is 4.90 Å². The Balaban J connectivity index is 1.95. The molecule has 1 aliphatic rings. The first kappa shape index (κ1) is 9.89. The van der Waals surface area contributed by atoms with E-state index in [0.29, 0.717) is 13.1 Å². The molecule has 1 aromatic heterocycles. The van der Waals surface area contributed by atoms with Crippen LogP contribution in [0, 0.1) is 0 Å². The molecule has 86 valence electrons. The van der Waals surface area contributed by atoms with Gasteiger partial charge in [-0.2, -0.15) is 5.10 Å². The van der Waals surface area contributed by atoms with Crippen molar-refractivity contribution >= 4 is 6.09 Å². The standard InChI is InChI=1S/C12H11N3O2/c16-12(17)14-7-9-2-3-11(6-10(9)8-14)15-5-1-4-13-15/h1-6H,7-8H2,(H,16,17). The van der Waals surface area contributed by atoms with Gasteiger partial charge in [-0.3, -0.25) is 4.90 Å². The van der Waals surface area contributed by atoms with Gasteiger partial charge in [0.05, 0.1) is 5.69 Å². The summed E-state index contributed by atoms with van der Waals surface area (Å²) >= 11 is 0. The van der Waals surface area contributed by atoms with E-state index in [1.807, 2.05) is 30.5 Å². The number of amides is 1. The highest BCUT2D eigenvalue weighted by atomic mass is 16.4. The van der Waals surface area contributed by atoms with Gasteiger partial charge in [-0.25, -0.2) is 9.48 Å². The van der Waals surface area contributed by atoms with Crippen LogP contribution in [0.5, 0.6) is 0 Å². The molecule has 17 heavy (non-hydrogen) atoms. The van der Waals surface area contributed by atoms with Crippen LogP contribution in [0.4, 0.5) is 4.79 Å². The summed E-state index contributed by atoms with van der Waals surface area (Å²) in [5.74, 6) is 0. The summed E-state index contributed by atoms with van der Waals surface area (Å²) in [5.41, 5.74) is 3.09. The molecule has 2 heterocycles. The lowest BCUT2D eigenvalue weighted by Gasteiger charge is -2.08. The maximum atomic E-state index is 10.9. The van der Waals surface area contributed by atoms with E-state index in [0.717, 1.165) is 16.8 Å². The molecule has 5 nitrogen and oxygen atoms in total. The second kappa shape index (κ2) is 3.62. The van der Waals surface area contributed by atoms with Crippen molar-refractivity contribution in [1.82, 2.24) is 14.7 Å². The normalized spacial score (nSPS) is 13.8. The van der Waals surface area contributed by atoms with E-state index >= 15 is 0 Å². The highest BCUT2D eigenvalue weighted by Gasteiger charge is 2.22. The number of nitrogens with zero attached hydrogens (tertiary/aromatic N) is 3. The van der Waals surface area contributed by atoms with Crippen LogP contribution in [0.25, 0.3) is 5.69 Å². The van der Waals surface area contributed by atoms with E-state index in [9.17, 15) is 4.79 Å². The van der Waals surface area contributed by atoms with Crippen LogP contribution in [0.15, 0.2) is 36.7 Å². The molecule has 1 N–H and O–H groups in total. The zero-order valence-corrected chi connectivity index (χ0v) is 9.08. The average Bonchev–Trinajstić information content (AvgIpc) is 2.97. The molecular formula is C12H11N3O2. The van der Waals surface area contributed by atoms with Crippen LogP contribution >= 0.6 is 0 Å². The summed E-state index contributed by atoms with van der Waals surface area (Å²) in [6, 6.07) is 7.77. The first-order valence-electron chi connectivity index (χ1n) is 5.34. The van der Waals surface area contributed by atoms with E-state index in [-0.39, 0.29) is 0 Å². The Labute approximate surface area is 97.9 Å². The predicted molar refractivity (Wildman–Crippen MR) is 60.8 cm³/mol. The minimum Gasteiger partial charge on any atom is -0.465 e. The Hall–Kier alpha value is -2.30. The third kappa shape index (κ3) is 1.65. The molecule has 1 aliphatic heterocycles. The zero-order valence-electron chi connectivity index (χ0n) is 9.08. The number of hydrogen-bond donors (Lipinski definition) is 1. The van der Waals surface area contributed by atoms with E-state index in [1.54, 1.807) is 10.9 Å². The Morgan fingerprint density at radius 2 is 2.12 bits per heavy atom. The van der Waals surface area contributed by atoms with Gasteiger partial charge >= 0.3 is 6.09 Å². The van der Waals surface area contributed by atoms with Crippen molar-refractivity contribution < 1.29 is 9.90 Å². The molecule has 0 spiro atoms. The van der Waals surface area contributed by atoms with Crippen LogP contribution in [0.2, 0.25) is 0 Å². The summed E-state index contributed by atoms with van der Waals surface area (Å²) in [6.45, 7) is 0.934. The third-order valence-corrected chi connectivity index (χ3v) is 2.95. The smallest absolute Gasteiger partial charge is 0.407 e. The van der Waals surface area contributed by atoms with Gasteiger partial charge < -0.3 is 5.11 Å². The van der Waals surface area contributed by atoms with Gasteiger partial charge in [-0.15, -0.1) is 0 Å². The topological polar surface area (TPSA) is 58.4 Å². The van der Waals surface area contributed by atoms with Crippen molar-refractivity contribution in [2.45, 2.75) is 13.1 Å². The minimum atomic E-state index is -0.873. The molecule has 2 aromatic rings. The second-order valence-electron chi connectivity index (χ2n) is 4.04. The largest absolute Gasteiger partial charge is 0.465 e. The van der Waals surface area contributed by atoms with Gasteiger partial charge in [-0.1, -0.05) is 6.07 Å². The molecule has 3 rings (SSSR count). The number of benzene rings is 1.